The predicted molar refractivity (Wildman–Crippen MR) is 108 cm³/mol. The number of halogens is 1. The number of nitrogens with one attached hydrogen (secondary N) is 1. The molecule has 26 heavy (non-hydrogen) atoms. The van der Waals surface area contributed by atoms with Crippen LogP contribution in [0.5, 0.6) is 5.75 Å². The standard InChI is InChI=1S/C22H22BrNO2/c23-20-13-18(14-24-15-21(25)19-9-5-2-6-10-19)11-12-22(20)26-16-17-7-3-1-4-8-17/h1-13,21,24-25H,14-16H2. The van der Waals surface area contributed by atoms with Crippen molar-refractivity contribution in [1.82, 2.24) is 5.32 Å². The number of aliphatic hydroxyl groups excluding tert-OH is 1. The predicted octanol–water partition coefficient (Wildman–Crippen LogP) is 4.85. The van der Waals surface area contributed by atoms with Crippen molar-refractivity contribution in [3.8, 4) is 5.75 Å². The van der Waals surface area contributed by atoms with E-state index in [2.05, 4.69) is 21.2 Å². The molecule has 0 aliphatic heterocycles. The summed E-state index contributed by atoms with van der Waals surface area (Å²) in [6, 6.07) is 25.8. The Morgan fingerprint density at radius 2 is 1.58 bits per heavy atom. The molecule has 0 radical (unpaired) electrons. The molecule has 0 saturated carbocycles. The number of benzene rings is 3. The molecule has 0 saturated heterocycles. The van der Waals surface area contributed by atoms with Gasteiger partial charge in [0.2, 0.25) is 0 Å². The summed E-state index contributed by atoms with van der Waals surface area (Å²) >= 11 is 3.58. The molecule has 3 aromatic carbocycles. The summed E-state index contributed by atoms with van der Waals surface area (Å²) in [4.78, 5) is 0. The molecule has 0 fully saturated rings. The van der Waals surface area contributed by atoms with Crippen LogP contribution in [0, 0.1) is 0 Å². The SMILES string of the molecule is OC(CNCc1ccc(OCc2ccccc2)c(Br)c1)c1ccccc1. The van der Waals surface area contributed by atoms with E-state index in [9.17, 15) is 5.11 Å². The summed E-state index contributed by atoms with van der Waals surface area (Å²) < 4.78 is 6.80. The Kier molecular flexibility index (Phi) is 6.83. The lowest BCUT2D eigenvalue weighted by Crippen LogP contribution is -2.21. The van der Waals surface area contributed by atoms with E-state index in [4.69, 9.17) is 4.74 Å². The number of ether oxygens (including phenoxy) is 1. The molecule has 1 atom stereocenters. The quantitative estimate of drug-likeness (QED) is 0.556. The maximum Gasteiger partial charge on any atom is 0.134 e. The second-order valence-electron chi connectivity index (χ2n) is 6.10. The molecule has 3 aromatic rings. The molecule has 4 heteroatoms. The normalized spacial score (nSPS) is 11.9. The van der Waals surface area contributed by atoms with Crippen LogP contribution in [0.15, 0.2) is 83.3 Å². The van der Waals surface area contributed by atoms with Gasteiger partial charge in [0.1, 0.15) is 12.4 Å². The maximum absolute atomic E-state index is 10.2. The fraction of sp³-hybridized carbons (Fsp3) is 0.182. The van der Waals surface area contributed by atoms with E-state index in [1.807, 2.05) is 78.9 Å². The molecular weight excluding hydrogens is 390 g/mol. The Bertz CT molecular complexity index is 809. The van der Waals surface area contributed by atoms with Gasteiger partial charge in [-0.2, -0.15) is 0 Å². The molecule has 3 nitrogen and oxygen atoms in total. The zero-order chi connectivity index (χ0) is 18.2. The van der Waals surface area contributed by atoms with Gasteiger partial charge in [-0.3, -0.25) is 0 Å². The first kappa shape index (κ1) is 18.6. The van der Waals surface area contributed by atoms with Crippen molar-refractivity contribution in [2.75, 3.05) is 6.54 Å². The van der Waals surface area contributed by atoms with Gasteiger partial charge in [-0.15, -0.1) is 0 Å². The van der Waals surface area contributed by atoms with E-state index in [0.29, 0.717) is 19.7 Å². The first-order valence-corrected chi connectivity index (χ1v) is 9.40. The Balaban J connectivity index is 1.49. The average molecular weight is 412 g/mol. The first-order valence-electron chi connectivity index (χ1n) is 8.61. The minimum absolute atomic E-state index is 0.506. The van der Waals surface area contributed by atoms with Gasteiger partial charge in [0.15, 0.2) is 0 Å². The van der Waals surface area contributed by atoms with Crippen molar-refractivity contribution >= 4 is 15.9 Å². The molecular formula is C22H22BrNO2. The van der Waals surface area contributed by atoms with E-state index in [0.717, 1.165) is 26.9 Å². The summed E-state index contributed by atoms with van der Waals surface area (Å²) in [5, 5.41) is 13.5. The van der Waals surface area contributed by atoms with Gasteiger partial charge in [0.25, 0.3) is 0 Å². The minimum Gasteiger partial charge on any atom is -0.488 e. The van der Waals surface area contributed by atoms with Gasteiger partial charge in [-0.1, -0.05) is 66.7 Å². The largest absolute Gasteiger partial charge is 0.488 e. The van der Waals surface area contributed by atoms with Crippen molar-refractivity contribution in [3.63, 3.8) is 0 Å². The van der Waals surface area contributed by atoms with Crippen LogP contribution in [0.25, 0.3) is 0 Å². The molecule has 3 rings (SSSR count). The maximum atomic E-state index is 10.2. The molecule has 0 amide bonds. The van der Waals surface area contributed by atoms with Gasteiger partial charge in [-0.05, 0) is 44.8 Å². The smallest absolute Gasteiger partial charge is 0.134 e. The third kappa shape index (κ3) is 5.43. The fourth-order valence-corrected chi connectivity index (χ4v) is 3.19. The van der Waals surface area contributed by atoms with Gasteiger partial charge in [0, 0.05) is 13.1 Å². The monoisotopic (exact) mass is 411 g/mol. The highest BCUT2D eigenvalue weighted by Gasteiger charge is 2.07. The number of hydrogen-bond acceptors (Lipinski definition) is 3. The number of aliphatic hydroxyl groups is 1. The van der Waals surface area contributed by atoms with Crippen LogP contribution in [0.1, 0.15) is 22.8 Å². The second kappa shape index (κ2) is 9.53. The molecule has 0 aliphatic rings. The Labute approximate surface area is 162 Å². The van der Waals surface area contributed by atoms with E-state index < -0.39 is 6.10 Å². The number of rotatable bonds is 8. The summed E-state index contributed by atoms with van der Waals surface area (Å²) in [6.45, 7) is 1.73. The van der Waals surface area contributed by atoms with E-state index in [-0.39, 0.29) is 0 Å². The van der Waals surface area contributed by atoms with Crippen molar-refractivity contribution in [1.29, 1.82) is 0 Å². The topological polar surface area (TPSA) is 41.5 Å². The summed E-state index contributed by atoms with van der Waals surface area (Å²) in [7, 11) is 0. The lowest BCUT2D eigenvalue weighted by Gasteiger charge is -2.13. The summed E-state index contributed by atoms with van der Waals surface area (Å²) in [5.41, 5.74) is 3.19. The lowest BCUT2D eigenvalue weighted by molar-refractivity contribution is 0.174. The van der Waals surface area contributed by atoms with Crippen LogP contribution < -0.4 is 10.1 Å². The van der Waals surface area contributed by atoms with Gasteiger partial charge in [0.05, 0.1) is 10.6 Å². The van der Waals surface area contributed by atoms with Crippen molar-refractivity contribution < 1.29 is 9.84 Å². The van der Waals surface area contributed by atoms with Crippen LogP contribution in [0.3, 0.4) is 0 Å². The van der Waals surface area contributed by atoms with Gasteiger partial charge >= 0.3 is 0 Å². The molecule has 0 heterocycles. The average Bonchev–Trinajstić information content (AvgIpc) is 2.69. The highest BCUT2D eigenvalue weighted by molar-refractivity contribution is 9.10. The minimum atomic E-state index is -0.506. The van der Waals surface area contributed by atoms with Crippen LogP contribution in [-0.2, 0) is 13.2 Å². The number of hydrogen-bond donors (Lipinski definition) is 2. The molecule has 0 aromatic heterocycles. The molecule has 0 aliphatic carbocycles. The van der Waals surface area contributed by atoms with Crippen LogP contribution in [0.4, 0.5) is 0 Å². The van der Waals surface area contributed by atoms with Gasteiger partial charge < -0.3 is 15.2 Å². The van der Waals surface area contributed by atoms with E-state index in [1.54, 1.807) is 0 Å². The zero-order valence-electron chi connectivity index (χ0n) is 14.4. The molecule has 2 N–H and O–H groups in total. The van der Waals surface area contributed by atoms with E-state index >= 15 is 0 Å². The molecule has 1 unspecified atom stereocenters. The molecule has 0 bridgehead atoms. The Morgan fingerprint density at radius 1 is 0.885 bits per heavy atom. The van der Waals surface area contributed by atoms with Crippen molar-refractivity contribution in [2.24, 2.45) is 0 Å². The zero-order valence-corrected chi connectivity index (χ0v) is 16.0. The van der Waals surface area contributed by atoms with Gasteiger partial charge in [-0.25, -0.2) is 0 Å². The van der Waals surface area contributed by atoms with Crippen molar-refractivity contribution in [3.05, 3.63) is 100 Å². The van der Waals surface area contributed by atoms with Crippen LogP contribution >= 0.6 is 15.9 Å². The Morgan fingerprint density at radius 3 is 2.27 bits per heavy atom. The Hall–Kier alpha value is -2.14. The summed E-state index contributed by atoms with van der Waals surface area (Å²) in [6.07, 6.45) is -0.506. The second-order valence-corrected chi connectivity index (χ2v) is 6.95. The van der Waals surface area contributed by atoms with Crippen LogP contribution in [-0.4, -0.2) is 11.7 Å². The third-order valence-electron chi connectivity index (χ3n) is 4.08. The fourth-order valence-electron chi connectivity index (χ4n) is 2.65. The van der Waals surface area contributed by atoms with E-state index in [1.165, 1.54) is 0 Å². The lowest BCUT2D eigenvalue weighted by atomic mass is 10.1. The van der Waals surface area contributed by atoms with Crippen LogP contribution in [0.2, 0.25) is 0 Å². The highest BCUT2D eigenvalue weighted by Crippen LogP contribution is 2.27. The highest BCUT2D eigenvalue weighted by atomic mass is 79.9. The summed E-state index contributed by atoms with van der Waals surface area (Å²) in [5.74, 6) is 0.821. The van der Waals surface area contributed by atoms with Crippen molar-refractivity contribution in [2.45, 2.75) is 19.3 Å². The first-order chi connectivity index (χ1) is 12.7. The molecule has 134 valence electrons. The third-order valence-corrected chi connectivity index (χ3v) is 4.70. The molecule has 0 spiro atoms.